The lowest BCUT2D eigenvalue weighted by atomic mass is 10.3. The number of fused-ring (bicyclic) bond motifs is 1. The number of nitrogens with zero attached hydrogens (tertiary/aromatic N) is 2. The summed E-state index contributed by atoms with van der Waals surface area (Å²) in [6.07, 6.45) is 1.21. The van der Waals surface area contributed by atoms with Gasteiger partial charge >= 0.3 is 0 Å². The second-order valence-corrected chi connectivity index (χ2v) is 8.74. The summed E-state index contributed by atoms with van der Waals surface area (Å²) in [6, 6.07) is 4.99. The van der Waals surface area contributed by atoms with Crippen LogP contribution in [0.4, 0.5) is 5.13 Å². The van der Waals surface area contributed by atoms with Crippen LogP contribution in [-0.4, -0.2) is 24.6 Å². The van der Waals surface area contributed by atoms with Crippen molar-refractivity contribution in [2.24, 2.45) is 0 Å². The third kappa shape index (κ3) is 3.22. The smallest absolute Gasteiger partial charge is 0.184 e. The maximum atomic E-state index is 11.6. The Morgan fingerprint density at radius 1 is 1.29 bits per heavy atom. The molecule has 0 aliphatic heterocycles. The minimum Gasteiger partial charge on any atom is -0.356 e. The summed E-state index contributed by atoms with van der Waals surface area (Å²) in [6.45, 7) is 2.58. The molecule has 110 valence electrons. The SMILES string of the molecule is Cc1nc(CNc2nc3ccc(S(C)(=O)=O)cc3s2)cs1. The topological polar surface area (TPSA) is 72.0 Å². The molecule has 1 N–H and O–H groups in total. The summed E-state index contributed by atoms with van der Waals surface area (Å²) in [5, 5.41) is 7.04. The minimum atomic E-state index is -3.19. The number of anilines is 1. The van der Waals surface area contributed by atoms with E-state index in [2.05, 4.69) is 15.3 Å². The quantitative estimate of drug-likeness (QED) is 0.791. The highest BCUT2D eigenvalue weighted by Gasteiger charge is 2.10. The van der Waals surface area contributed by atoms with Crippen LogP contribution in [0.1, 0.15) is 10.7 Å². The molecular formula is C13H13N3O2S3. The van der Waals surface area contributed by atoms with Crippen LogP contribution >= 0.6 is 22.7 Å². The van der Waals surface area contributed by atoms with E-state index in [0.29, 0.717) is 11.4 Å². The number of aryl methyl sites for hydroxylation is 1. The number of nitrogens with one attached hydrogen (secondary N) is 1. The molecule has 0 amide bonds. The number of hydrogen-bond donors (Lipinski definition) is 1. The van der Waals surface area contributed by atoms with Gasteiger partial charge in [0.1, 0.15) is 0 Å². The van der Waals surface area contributed by atoms with Crippen molar-refractivity contribution in [2.75, 3.05) is 11.6 Å². The maximum Gasteiger partial charge on any atom is 0.184 e. The van der Waals surface area contributed by atoms with E-state index >= 15 is 0 Å². The van der Waals surface area contributed by atoms with E-state index in [1.165, 1.54) is 17.6 Å². The van der Waals surface area contributed by atoms with Crippen molar-refractivity contribution in [1.29, 1.82) is 0 Å². The lowest BCUT2D eigenvalue weighted by Crippen LogP contribution is -1.98. The third-order valence-electron chi connectivity index (χ3n) is 2.88. The van der Waals surface area contributed by atoms with Crippen molar-refractivity contribution in [2.45, 2.75) is 18.4 Å². The Hall–Kier alpha value is -1.51. The van der Waals surface area contributed by atoms with Gasteiger partial charge in [-0.15, -0.1) is 11.3 Å². The van der Waals surface area contributed by atoms with Gasteiger partial charge in [-0.3, -0.25) is 0 Å². The fourth-order valence-electron chi connectivity index (χ4n) is 1.87. The number of benzene rings is 1. The van der Waals surface area contributed by atoms with Crippen molar-refractivity contribution in [1.82, 2.24) is 9.97 Å². The first-order valence-corrected chi connectivity index (χ1v) is 9.76. The first kappa shape index (κ1) is 14.4. The van der Waals surface area contributed by atoms with E-state index in [4.69, 9.17) is 0 Å². The zero-order valence-corrected chi connectivity index (χ0v) is 13.9. The highest BCUT2D eigenvalue weighted by atomic mass is 32.2. The van der Waals surface area contributed by atoms with Gasteiger partial charge < -0.3 is 5.32 Å². The Kier molecular flexibility index (Phi) is 3.68. The molecule has 0 unspecified atom stereocenters. The molecule has 0 aliphatic carbocycles. The van der Waals surface area contributed by atoms with Crippen molar-refractivity contribution in [3.8, 4) is 0 Å². The highest BCUT2D eigenvalue weighted by Crippen LogP contribution is 2.28. The van der Waals surface area contributed by atoms with Crippen LogP contribution in [0.5, 0.6) is 0 Å². The molecule has 0 atom stereocenters. The normalized spacial score (nSPS) is 11.9. The van der Waals surface area contributed by atoms with Crippen molar-refractivity contribution in [3.63, 3.8) is 0 Å². The van der Waals surface area contributed by atoms with Gasteiger partial charge in [-0.1, -0.05) is 11.3 Å². The molecule has 21 heavy (non-hydrogen) atoms. The largest absolute Gasteiger partial charge is 0.356 e. The van der Waals surface area contributed by atoms with Crippen LogP contribution in [0.15, 0.2) is 28.5 Å². The Bertz CT molecular complexity index is 896. The molecule has 0 fully saturated rings. The van der Waals surface area contributed by atoms with Gasteiger partial charge in [0.15, 0.2) is 15.0 Å². The second-order valence-electron chi connectivity index (χ2n) is 4.63. The molecule has 1 aromatic carbocycles. The Morgan fingerprint density at radius 2 is 2.10 bits per heavy atom. The molecule has 3 aromatic rings. The van der Waals surface area contributed by atoms with Gasteiger partial charge in [0.2, 0.25) is 0 Å². The molecule has 0 aliphatic rings. The molecular weight excluding hydrogens is 326 g/mol. The van der Waals surface area contributed by atoms with E-state index in [0.717, 1.165) is 26.0 Å². The Morgan fingerprint density at radius 3 is 2.76 bits per heavy atom. The molecule has 0 bridgehead atoms. The van der Waals surface area contributed by atoms with Crippen LogP contribution in [0, 0.1) is 6.92 Å². The van der Waals surface area contributed by atoms with Gasteiger partial charge in [0, 0.05) is 11.6 Å². The maximum absolute atomic E-state index is 11.6. The van der Waals surface area contributed by atoms with E-state index in [1.54, 1.807) is 29.5 Å². The first-order valence-electron chi connectivity index (χ1n) is 6.17. The second kappa shape index (κ2) is 5.36. The van der Waals surface area contributed by atoms with Crippen molar-refractivity contribution < 1.29 is 8.42 Å². The summed E-state index contributed by atoms with van der Waals surface area (Å²) in [5.74, 6) is 0. The molecule has 8 heteroatoms. The molecule has 0 saturated carbocycles. The van der Waals surface area contributed by atoms with Gasteiger partial charge in [0.25, 0.3) is 0 Å². The molecule has 0 radical (unpaired) electrons. The fraction of sp³-hybridized carbons (Fsp3) is 0.231. The standard InChI is InChI=1S/C13H13N3O2S3/c1-8-15-9(7-19-8)6-14-13-16-11-4-3-10(21(2,17)18)5-12(11)20-13/h3-5,7H,6H2,1-2H3,(H,14,16). The molecule has 0 spiro atoms. The van der Waals surface area contributed by atoms with E-state index in [1.807, 2.05) is 12.3 Å². The molecule has 0 saturated heterocycles. The van der Waals surface area contributed by atoms with Crippen LogP contribution in [0.3, 0.4) is 0 Å². The zero-order valence-electron chi connectivity index (χ0n) is 11.5. The van der Waals surface area contributed by atoms with Crippen LogP contribution in [0.2, 0.25) is 0 Å². The summed E-state index contributed by atoms with van der Waals surface area (Å²) < 4.78 is 24.0. The predicted molar refractivity (Wildman–Crippen MR) is 86.9 cm³/mol. The number of thiazole rings is 2. The van der Waals surface area contributed by atoms with Gasteiger partial charge in [0.05, 0.1) is 32.4 Å². The number of sulfone groups is 1. The van der Waals surface area contributed by atoms with Gasteiger partial charge in [-0.2, -0.15) is 0 Å². The van der Waals surface area contributed by atoms with E-state index < -0.39 is 9.84 Å². The summed E-state index contributed by atoms with van der Waals surface area (Å²) in [5.41, 5.74) is 1.78. The number of rotatable bonds is 4. The van der Waals surface area contributed by atoms with E-state index in [-0.39, 0.29) is 0 Å². The average molecular weight is 339 g/mol. The van der Waals surface area contributed by atoms with Gasteiger partial charge in [-0.05, 0) is 25.1 Å². The first-order chi connectivity index (χ1) is 9.91. The minimum absolute atomic E-state index is 0.320. The lowest BCUT2D eigenvalue weighted by Gasteiger charge is -1.97. The zero-order chi connectivity index (χ0) is 15.0. The molecule has 3 rings (SSSR count). The van der Waals surface area contributed by atoms with Gasteiger partial charge in [-0.25, -0.2) is 18.4 Å². The summed E-state index contributed by atoms with van der Waals surface area (Å²) in [7, 11) is -3.19. The lowest BCUT2D eigenvalue weighted by molar-refractivity contribution is 0.602. The van der Waals surface area contributed by atoms with Crippen molar-refractivity contribution >= 4 is 47.9 Å². The average Bonchev–Trinajstić information content (AvgIpc) is 2.99. The number of hydrogen-bond acceptors (Lipinski definition) is 7. The molecule has 5 nitrogen and oxygen atoms in total. The van der Waals surface area contributed by atoms with Crippen molar-refractivity contribution in [3.05, 3.63) is 34.3 Å². The Labute approximate surface area is 130 Å². The fourth-order valence-corrected chi connectivity index (χ4v) is 4.10. The highest BCUT2D eigenvalue weighted by molar-refractivity contribution is 7.90. The third-order valence-corrected chi connectivity index (χ3v) is 5.78. The van der Waals surface area contributed by atoms with E-state index in [9.17, 15) is 8.42 Å². The summed E-state index contributed by atoms with van der Waals surface area (Å²) in [4.78, 5) is 9.15. The number of aromatic nitrogens is 2. The summed E-state index contributed by atoms with van der Waals surface area (Å²) >= 11 is 3.06. The van der Waals surface area contributed by atoms with Crippen LogP contribution in [-0.2, 0) is 16.4 Å². The monoisotopic (exact) mass is 339 g/mol. The van der Waals surface area contributed by atoms with Crippen LogP contribution < -0.4 is 5.32 Å². The van der Waals surface area contributed by atoms with Crippen LogP contribution in [0.25, 0.3) is 10.2 Å². The molecule has 2 heterocycles. The Balaban J connectivity index is 1.84. The molecule has 2 aromatic heterocycles. The predicted octanol–water partition coefficient (Wildman–Crippen LogP) is 3.08.